The second-order valence-electron chi connectivity index (χ2n) is 3.24. The first-order chi connectivity index (χ1) is 6.08. The molecule has 0 amide bonds. The topological polar surface area (TPSA) is 81.4 Å². The second-order valence-corrected chi connectivity index (χ2v) is 4.97. The lowest BCUT2D eigenvalue weighted by atomic mass is 10.1. The van der Waals surface area contributed by atoms with Gasteiger partial charge in [-0.15, -0.1) is 0 Å². The fraction of sp³-hybridized carbons (Fsp3) is 1.00. The van der Waals surface area contributed by atoms with E-state index in [0.29, 0.717) is 13.2 Å². The van der Waals surface area contributed by atoms with E-state index in [0.717, 1.165) is 19.4 Å². The van der Waals surface area contributed by atoms with Gasteiger partial charge in [0, 0.05) is 19.2 Å². The van der Waals surface area contributed by atoms with Crippen LogP contribution in [0.25, 0.3) is 0 Å². The van der Waals surface area contributed by atoms with E-state index in [1.165, 1.54) is 0 Å². The minimum atomic E-state index is -3.33. The van der Waals surface area contributed by atoms with E-state index in [4.69, 9.17) is 9.88 Å². The van der Waals surface area contributed by atoms with Gasteiger partial charge in [-0.2, -0.15) is 0 Å². The van der Waals surface area contributed by atoms with Gasteiger partial charge >= 0.3 is 0 Å². The summed E-state index contributed by atoms with van der Waals surface area (Å²) in [7, 11) is -3.33. The van der Waals surface area contributed by atoms with Gasteiger partial charge in [0.15, 0.2) is 0 Å². The van der Waals surface area contributed by atoms with E-state index in [2.05, 4.69) is 5.32 Å². The maximum atomic E-state index is 10.6. The highest BCUT2D eigenvalue weighted by Gasteiger charge is 2.13. The van der Waals surface area contributed by atoms with Crippen LogP contribution in [0.1, 0.15) is 12.8 Å². The van der Waals surface area contributed by atoms with Crippen LogP contribution in [0.15, 0.2) is 0 Å². The molecular weight excluding hydrogens is 192 g/mol. The molecule has 0 bridgehead atoms. The standard InChI is InChI=1S/C7H16N2O3S/c8-13(10,11)5-3-9-7-2-1-4-12-6-7/h7,9H,1-6H2,(H2,8,10,11). The summed E-state index contributed by atoms with van der Waals surface area (Å²) in [5, 5.41) is 7.95. The molecule has 3 N–H and O–H groups in total. The number of ether oxygens (including phenoxy) is 1. The fourth-order valence-electron chi connectivity index (χ4n) is 1.31. The lowest BCUT2D eigenvalue weighted by Crippen LogP contribution is -2.39. The van der Waals surface area contributed by atoms with Gasteiger partial charge in [-0.3, -0.25) is 0 Å². The van der Waals surface area contributed by atoms with Crippen molar-refractivity contribution in [2.45, 2.75) is 18.9 Å². The largest absolute Gasteiger partial charge is 0.380 e. The van der Waals surface area contributed by atoms with E-state index in [-0.39, 0.29) is 11.8 Å². The normalized spacial score (nSPS) is 24.5. The first-order valence-electron chi connectivity index (χ1n) is 4.39. The van der Waals surface area contributed by atoms with Crippen LogP contribution in [0.2, 0.25) is 0 Å². The molecule has 0 aliphatic carbocycles. The maximum Gasteiger partial charge on any atom is 0.210 e. The van der Waals surface area contributed by atoms with E-state index in [9.17, 15) is 8.42 Å². The number of nitrogens with one attached hydrogen (secondary N) is 1. The van der Waals surface area contributed by atoms with Gasteiger partial charge in [0.1, 0.15) is 0 Å². The molecule has 0 aromatic carbocycles. The monoisotopic (exact) mass is 208 g/mol. The summed E-state index contributed by atoms with van der Waals surface area (Å²) in [4.78, 5) is 0. The maximum absolute atomic E-state index is 10.6. The molecule has 1 saturated heterocycles. The fourth-order valence-corrected chi connectivity index (χ4v) is 1.71. The third-order valence-corrected chi connectivity index (χ3v) is 2.75. The zero-order valence-corrected chi connectivity index (χ0v) is 8.35. The first kappa shape index (κ1) is 10.9. The minimum Gasteiger partial charge on any atom is -0.380 e. The highest BCUT2D eigenvalue weighted by Crippen LogP contribution is 2.04. The predicted octanol–water partition coefficient (Wildman–Crippen LogP) is -0.956. The lowest BCUT2D eigenvalue weighted by molar-refractivity contribution is 0.0712. The van der Waals surface area contributed by atoms with Crippen molar-refractivity contribution in [1.29, 1.82) is 0 Å². The summed E-state index contributed by atoms with van der Waals surface area (Å²) in [6, 6.07) is 0.287. The van der Waals surface area contributed by atoms with Crippen molar-refractivity contribution in [1.82, 2.24) is 5.32 Å². The molecule has 1 aliphatic rings. The van der Waals surface area contributed by atoms with Crippen molar-refractivity contribution < 1.29 is 13.2 Å². The Balaban J connectivity index is 2.11. The molecule has 0 saturated carbocycles. The number of hydrogen-bond donors (Lipinski definition) is 2. The van der Waals surface area contributed by atoms with E-state index < -0.39 is 10.0 Å². The van der Waals surface area contributed by atoms with Crippen LogP contribution in [-0.2, 0) is 14.8 Å². The summed E-state index contributed by atoms with van der Waals surface area (Å²) in [6.45, 7) is 1.89. The Bertz CT molecular complexity index is 234. The van der Waals surface area contributed by atoms with E-state index >= 15 is 0 Å². The molecule has 1 rings (SSSR count). The van der Waals surface area contributed by atoms with Crippen LogP contribution in [0.3, 0.4) is 0 Å². The predicted molar refractivity (Wildman–Crippen MR) is 49.8 cm³/mol. The Morgan fingerprint density at radius 3 is 2.85 bits per heavy atom. The van der Waals surface area contributed by atoms with Crippen molar-refractivity contribution >= 4 is 10.0 Å². The number of rotatable bonds is 4. The average molecular weight is 208 g/mol. The molecule has 1 unspecified atom stereocenters. The zero-order chi connectivity index (χ0) is 9.73. The first-order valence-corrected chi connectivity index (χ1v) is 6.11. The number of primary sulfonamides is 1. The Hall–Kier alpha value is -0.170. The molecule has 5 nitrogen and oxygen atoms in total. The van der Waals surface area contributed by atoms with Gasteiger partial charge < -0.3 is 10.1 Å². The summed E-state index contributed by atoms with van der Waals surface area (Å²) in [6.07, 6.45) is 2.08. The Labute approximate surface area is 78.7 Å². The Morgan fingerprint density at radius 2 is 2.31 bits per heavy atom. The number of sulfonamides is 1. The molecule has 1 aliphatic heterocycles. The quantitative estimate of drug-likeness (QED) is 0.623. The van der Waals surface area contributed by atoms with Crippen LogP contribution in [0, 0.1) is 0 Å². The number of nitrogens with two attached hydrogens (primary N) is 1. The highest BCUT2D eigenvalue weighted by atomic mass is 32.2. The van der Waals surface area contributed by atoms with Gasteiger partial charge in [0.25, 0.3) is 0 Å². The van der Waals surface area contributed by atoms with Gasteiger partial charge in [0.05, 0.1) is 12.4 Å². The zero-order valence-electron chi connectivity index (χ0n) is 7.53. The molecule has 1 heterocycles. The Kier molecular flexibility index (Phi) is 4.11. The van der Waals surface area contributed by atoms with Crippen molar-refractivity contribution in [3.05, 3.63) is 0 Å². The highest BCUT2D eigenvalue weighted by molar-refractivity contribution is 7.89. The third-order valence-electron chi connectivity index (χ3n) is 1.98. The Morgan fingerprint density at radius 1 is 1.54 bits per heavy atom. The number of hydrogen-bond acceptors (Lipinski definition) is 4. The summed E-state index contributed by atoms with van der Waals surface area (Å²) in [5.41, 5.74) is 0. The van der Waals surface area contributed by atoms with Gasteiger partial charge in [-0.25, -0.2) is 13.6 Å². The summed E-state index contributed by atoms with van der Waals surface area (Å²) >= 11 is 0. The van der Waals surface area contributed by atoms with Crippen LogP contribution >= 0.6 is 0 Å². The van der Waals surface area contributed by atoms with Crippen LogP contribution < -0.4 is 10.5 Å². The molecule has 13 heavy (non-hydrogen) atoms. The van der Waals surface area contributed by atoms with Crippen molar-refractivity contribution in [2.75, 3.05) is 25.5 Å². The van der Waals surface area contributed by atoms with Crippen molar-refractivity contribution in [2.24, 2.45) is 5.14 Å². The van der Waals surface area contributed by atoms with E-state index in [1.807, 2.05) is 0 Å². The molecule has 1 atom stereocenters. The molecule has 0 radical (unpaired) electrons. The molecule has 1 fully saturated rings. The molecule has 0 aromatic rings. The third kappa shape index (κ3) is 5.20. The van der Waals surface area contributed by atoms with E-state index in [1.54, 1.807) is 0 Å². The molecule has 78 valence electrons. The summed E-state index contributed by atoms with van der Waals surface area (Å²) < 4.78 is 26.4. The molecule has 6 heteroatoms. The van der Waals surface area contributed by atoms with Crippen LogP contribution in [0.5, 0.6) is 0 Å². The lowest BCUT2D eigenvalue weighted by Gasteiger charge is -2.22. The minimum absolute atomic E-state index is 0.0104. The SMILES string of the molecule is NS(=O)(=O)CCNC1CCCOC1. The van der Waals surface area contributed by atoms with Crippen LogP contribution in [-0.4, -0.2) is 40.0 Å². The van der Waals surface area contributed by atoms with Gasteiger partial charge in [0.2, 0.25) is 10.0 Å². The second kappa shape index (κ2) is 4.90. The van der Waals surface area contributed by atoms with Gasteiger partial charge in [-0.1, -0.05) is 0 Å². The van der Waals surface area contributed by atoms with Crippen molar-refractivity contribution in [3.63, 3.8) is 0 Å². The molecular formula is C7H16N2O3S. The van der Waals surface area contributed by atoms with Crippen LogP contribution in [0.4, 0.5) is 0 Å². The summed E-state index contributed by atoms with van der Waals surface area (Å²) in [5.74, 6) is -0.0104. The molecule has 0 spiro atoms. The average Bonchev–Trinajstić information content (AvgIpc) is 2.04. The van der Waals surface area contributed by atoms with Gasteiger partial charge in [-0.05, 0) is 12.8 Å². The molecule has 0 aromatic heterocycles. The van der Waals surface area contributed by atoms with Crippen molar-refractivity contribution in [3.8, 4) is 0 Å². The smallest absolute Gasteiger partial charge is 0.210 e.